The van der Waals surface area contributed by atoms with Crippen molar-refractivity contribution in [1.82, 2.24) is 19.7 Å². The SMILES string of the molecule is C[C@H]1Oc2nc(cnc2N)-c2c(nn(C)c2C#N)CS(=O)(=NCC(C)(C)O)Cc2ccc(F)cc21. The number of hydrogen-bond acceptors (Lipinski definition) is 9. The number of benzene rings is 1. The third-order valence-electron chi connectivity index (χ3n) is 5.51. The van der Waals surface area contributed by atoms with Crippen LogP contribution in [0.25, 0.3) is 11.3 Å². The number of hydrogen-bond donors (Lipinski definition) is 2. The summed E-state index contributed by atoms with van der Waals surface area (Å²) >= 11 is 0. The average Bonchev–Trinajstić information content (AvgIpc) is 3.08. The van der Waals surface area contributed by atoms with Gasteiger partial charge in [0.05, 0.1) is 56.5 Å². The number of ether oxygens (including phenoxy) is 1. The van der Waals surface area contributed by atoms with Crippen molar-refractivity contribution < 1.29 is 18.4 Å². The second kappa shape index (κ2) is 8.90. The second-order valence-electron chi connectivity index (χ2n) is 9.12. The van der Waals surface area contributed by atoms with Gasteiger partial charge in [0.15, 0.2) is 5.82 Å². The Morgan fingerprint density at radius 1 is 1.43 bits per heavy atom. The molecule has 2 aromatic heterocycles. The van der Waals surface area contributed by atoms with E-state index in [2.05, 4.69) is 25.5 Å². The van der Waals surface area contributed by atoms with Crippen LogP contribution in [0.4, 0.5) is 10.2 Å². The van der Waals surface area contributed by atoms with Gasteiger partial charge in [0.25, 0.3) is 5.88 Å². The molecule has 3 heterocycles. The van der Waals surface area contributed by atoms with Gasteiger partial charge >= 0.3 is 0 Å². The number of nitriles is 1. The number of fused-ring (bicyclic) bond motifs is 5. The Labute approximate surface area is 202 Å². The summed E-state index contributed by atoms with van der Waals surface area (Å²) in [7, 11) is -1.50. The van der Waals surface area contributed by atoms with Gasteiger partial charge in [-0.15, -0.1) is 0 Å². The predicted octanol–water partition coefficient (Wildman–Crippen LogP) is 2.86. The Morgan fingerprint density at radius 2 is 2.17 bits per heavy atom. The van der Waals surface area contributed by atoms with Gasteiger partial charge in [-0.3, -0.25) is 4.68 Å². The first kappa shape index (κ1) is 24.6. The van der Waals surface area contributed by atoms with Gasteiger partial charge in [0.1, 0.15) is 23.7 Å². The largest absolute Gasteiger partial charge is 0.467 e. The highest BCUT2D eigenvalue weighted by Crippen LogP contribution is 2.34. The molecule has 12 heteroatoms. The molecule has 35 heavy (non-hydrogen) atoms. The quantitative estimate of drug-likeness (QED) is 0.546. The molecule has 1 aliphatic rings. The monoisotopic (exact) mass is 499 g/mol. The van der Waals surface area contributed by atoms with E-state index in [1.54, 1.807) is 33.9 Å². The number of aromatic nitrogens is 4. The third kappa shape index (κ3) is 5.11. The molecule has 0 amide bonds. The summed E-state index contributed by atoms with van der Waals surface area (Å²) in [6.07, 6.45) is 0.678. The van der Waals surface area contributed by atoms with Crippen molar-refractivity contribution in [1.29, 1.82) is 5.26 Å². The normalized spacial score (nSPS) is 19.9. The molecule has 0 fully saturated rings. The summed E-state index contributed by atoms with van der Waals surface area (Å²) < 4.78 is 40.3. The lowest BCUT2D eigenvalue weighted by Crippen LogP contribution is -2.24. The lowest BCUT2D eigenvalue weighted by atomic mass is 10.0. The fourth-order valence-electron chi connectivity index (χ4n) is 3.85. The summed E-state index contributed by atoms with van der Waals surface area (Å²) in [5.41, 5.74) is 6.97. The van der Waals surface area contributed by atoms with E-state index in [1.165, 1.54) is 23.0 Å². The average molecular weight is 500 g/mol. The molecule has 4 rings (SSSR count). The summed E-state index contributed by atoms with van der Waals surface area (Å²) in [6.45, 7) is 4.75. The maximum atomic E-state index is 14.3. The zero-order valence-corrected chi connectivity index (χ0v) is 20.6. The van der Waals surface area contributed by atoms with Crippen molar-refractivity contribution in [3.8, 4) is 23.2 Å². The number of rotatable bonds is 2. The number of nitrogens with two attached hydrogens (primary N) is 1. The molecule has 10 nitrogen and oxygen atoms in total. The van der Waals surface area contributed by atoms with Crippen molar-refractivity contribution in [3.05, 3.63) is 52.7 Å². The first-order chi connectivity index (χ1) is 16.4. The van der Waals surface area contributed by atoms with E-state index in [4.69, 9.17) is 10.5 Å². The fourth-order valence-corrected chi connectivity index (χ4v) is 6.06. The standard InChI is InChI=1S/C23H26FN7O3S/c1-13-16-7-15(24)6-5-14(16)10-35(33,28-12-23(2,3)32)11-18-20(19(8-25)31(4)30-18)17-9-27-21(26)22(29-17)34-13/h5-7,9,13,32H,10-12H2,1-4H3,(H2,26,27)/t13-,35?/m1/s1. The fraction of sp³-hybridized carbons (Fsp3) is 0.391. The number of aryl methyl sites for hydroxylation is 1. The topological polar surface area (TPSA) is 152 Å². The van der Waals surface area contributed by atoms with E-state index in [9.17, 15) is 19.0 Å². The summed E-state index contributed by atoms with van der Waals surface area (Å²) in [4.78, 5) is 8.64. The molecular weight excluding hydrogens is 473 g/mol. The van der Waals surface area contributed by atoms with Crippen LogP contribution >= 0.6 is 0 Å². The number of aliphatic hydroxyl groups is 1. The molecule has 0 saturated heterocycles. The van der Waals surface area contributed by atoms with Gasteiger partial charge in [0, 0.05) is 7.05 Å². The molecule has 3 N–H and O–H groups in total. The van der Waals surface area contributed by atoms with Crippen LogP contribution in [-0.2, 0) is 28.3 Å². The minimum Gasteiger partial charge on any atom is -0.467 e. The highest BCUT2D eigenvalue weighted by atomic mass is 32.2. The van der Waals surface area contributed by atoms with Gasteiger partial charge in [-0.05, 0) is 44.0 Å². The van der Waals surface area contributed by atoms with Crippen LogP contribution in [0.1, 0.15) is 49.4 Å². The van der Waals surface area contributed by atoms with E-state index < -0.39 is 27.3 Å². The van der Waals surface area contributed by atoms with Crippen molar-refractivity contribution in [2.75, 3.05) is 12.3 Å². The Hall–Kier alpha value is -3.56. The predicted molar refractivity (Wildman–Crippen MR) is 128 cm³/mol. The Bertz CT molecular complexity index is 1460. The number of halogens is 1. The molecular formula is C23H26FN7O3S. The first-order valence-corrected chi connectivity index (χ1v) is 12.7. The lowest BCUT2D eigenvalue weighted by Gasteiger charge is -2.22. The second-order valence-corrected chi connectivity index (χ2v) is 11.5. The number of nitrogen functional groups attached to an aromatic ring is 1. The highest BCUT2D eigenvalue weighted by Gasteiger charge is 2.28. The molecule has 1 aliphatic heterocycles. The molecule has 0 saturated carbocycles. The molecule has 2 bridgehead atoms. The summed E-state index contributed by atoms with van der Waals surface area (Å²) in [6, 6.07) is 6.25. The Balaban J connectivity index is 2.02. The van der Waals surface area contributed by atoms with Crippen LogP contribution in [0.3, 0.4) is 0 Å². The Morgan fingerprint density at radius 3 is 2.86 bits per heavy atom. The highest BCUT2D eigenvalue weighted by molar-refractivity contribution is 7.92. The molecule has 2 atom stereocenters. The van der Waals surface area contributed by atoms with E-state index >= 15 is 0 Å². The maximum absolute atomic E-state index is 14.3. The van der Waals surface area contributed by atoms with E-state index in [-0.39, 0.29) is 41.1 Å². The molecule has 3 aromatic rings. The lowest BCUT2D eigenvalue weighted by molar-refractivity contribution is 0.0908. The van der Waals surface area contributed by atoms with Crippen LogP contribution in [0, 0.1) is 17.1 Å². The van der Waals surface area contributed by atoms with Gasteiger partial charge < -0.3 is 15.6 Å². The van der Waals surface area contributed by atoms with Crippen LogP contribution in [0.5, 0.6) is 5.88 Å². The van der Waals surface area contributed by atoms with Crippen molar-refractivity contribution in [3.63, 3.8) is 0 Å². The third-order valence-corrected chi connectivity index (χ3v) is 7.60. The van der Waals surface area contributed by atoms with Crippen LogP contribution in [0.15, 0.2) is 28.8 Å². The van der Waals surface area contributed by atoms with Gasteiger partial charge in [-0.25, -0.2) is 22.9 Å². The Kier molecular flexibility index (Phi) is 6.25. The van der Waals surface area contributed by atoms with E-state index in [0.717, 1.165) is 0 Å². The molecule has 1 unspecified atom stereocenters. The summed E-state index contributed by atoms with van der Waals surface area (Å²) in [5, 5.41) is 24.5. The van der Waals surface area contributed by atoms with Crippen molar-refractivity contribution >= 4 is 15.5 Å². The number of nitrogens with zero attached hydrogens (tertiary/aromatic N) is 6. The van der Waals surface area contributed by atoms with Crippen LogP contribution < -0.4 is 10.5 Å². The minimum atomic E-state index is -3.10. The molecule has 1 aromatic carbocycles. The zero-order chi connectivity index (χ0) is 25.5. The zero-order valence-electron chi connectivity index (χ0n) is 19.8. The van der Waals surface area contributed by atoms with E-state index in [0.29, 0.717) is 22.4 Å². The molecule has 0 radical (unpaired) electrons. The van der Waals surface area contributed by atoms with Crippen molar-refractivity contribution in [2.24, 2.45) is 11.4 Å². The maximum Gasteiger partial charge on any atom is 0.258 e. The molecule has 184 valence electrons. The van der Waals surface area contributed by atoms with Gasteiger partial charge in [-0.1, -0.05) is 6.07 Å². The number of anilines is 1. The summed E-state index contributed by atoms with van der Waals surface area (Å²) in [5.74, 6) is -0.592. The van der Waals surface area contributed by atoms with E-state index in [1.807, 2.05) is 0 Å². The smallest absolute Gasteiger partial charge is 0.258 e. The van der Waals surface area contributed by atoms with Gasteiger partial charge in [-0.2, -0.15) is 10.4 Å². The molecule has 0 aliphatic carbocycles. The van der Waals surface area contributed by atoms with Crippen LogP contribution in [0.2, 0.25) is 0 Å². The minimum absolute atomic E-state index is 0.0249. The molecule has 0 spiro atoms. The van der Waals surface area contributed by atoms with Gasteiger partial charge in [0.2, 0.25) is 0 Å². The first-order valence-electron chi connectivity index (χ1n) is 10.8. The van der Waals surface area contributed by atoms with Crippen molar-refractivity contribution in [2.45, 2.75) is 44.0 Å². The van der Waals surface area contributed by atoms with Crippen LogP contribution in [-0.4, -0.2) is 41.2 Å².